The average Bonchev–Trinajstić information content (AvgIpc) is 3.45. The van der Waals surface area contributed by atoms with Crippen LogP contribution in [0.15, 0.2) is 72.8 Å². The Morgan fingerprint density at radius 2 is 1.57 bits per heavy atom. The van der Waals surface area contributed by atoms with Crippen molar-refractivity contribution in [2.75, 3.05) is 11.9 Å². The number of carboxylic acids is 1. The van der Waals surface area contributed by atoms with Gasteiger partial charge >= 0.3 is 12.1 Å². The Morgan fingerprint density at radius 1 is 0.886 bits per heavy atom. The number of carbonyl (C=O) groups is 3. The molecule has 1 fully saturated rings. The molecule has 7 heteroatoms. The van der Waals surface area contributed by atoms with Crippen molar-refractivity contribution < 1.29 is 24.2 Å². The number of amides is 2. The van der Waals surface area contributed by atoms with Crippen LogP contribution < -0.4 is 10.6 Å². The summed E-state index contributed by atoms with van der Waals surface area (Å²) < 4.78 is 5.64. The van der Waals surface area contributed by atoms with E-state index >= 15 is 0 Å². The summed E-state index contributed by atoms with van der Waals surface area (Å²) in [6.45, 7) is 0.214. The molecule has 5 rings (SSSR count). The topological polar surface area (TPSA) is 105 Å². The Bertz CT molecular complexity index is 1240. The lowest BCUT2D eigenvalue weighted by atomic mass is 9.98. The minimum absolute atomic E-state index is 0.0302. The van der Waals surface area contributed by atoms with Crippen LogP contribution in [0.2, 0.25) is 0 Å². The van der Waals surface area contributed by atoms with Gasteiger partial charge in [-0.1, -0.05) is 61.0 Å². The van der Waals surface area contributed by atoms with E-state index in [0.717, 1.165) is 28.7 Å². The van der Waals surface area contributed by atoms with Crippen LogP contribution in [0.3, 0.4) is 0 Å². The lowest BCUT2D eigenvalue weighted by Crippen LogP contribution is -2.42. The van der Waals surface area contributed by atoms with Crippen LogP contribution in [-0.4, -0.2) is 35.7 Å². The molecular formula is C28H26N2O5. The van der Waals surface area contributed by atoms with Crippen LogP contribution in [-0.2, 0) is 9.53 Å². The summed E-state index contributed by atoms with van der Waals surface area (Å²) in [4.78, 5) is 36.8. The standard InChI is InChI=1S/C28H26N2O5/c31-26(29-18-8-5-7-17(15-18)27(32)33)23-13-6-14-25(23)30-28(34)35-16-24-21-11-3-1-9-19(21)20-10-2-4-12-22(20)24/h1-5,7-12,15,23-25H,6,13-14,16H2,(H,29,31)(H,30,34)(H,32,33). The maximum Gasteiger partial charge on any atom is 0.407 e. The van der Waals surface area contributed by atoms with Gasteiger partial charge in [0, 0.05) is 17.6 Å². The Balaban J connectivity index is 1.21. The Kier molecular flexibility index (Phi) is 6.23. The molecule has 3 aromatic rings. The summed E-state index contributed by atoms with van der Waals surface area (Å²) in [5.74, 6) is -1.74. The summed E-state index contributed by atoms with van der Waals surface area (Å²) in [6.07, 6.45) is 1.59. The van der Waals surface area contributed by atoms with E-state index in [0.29, 0.717) is 18.5 Å². The first-order valence-corrected chi connectivity index (χ1v) is 11.8. The first-order valence-electron chi connectivity index (χ1n) is 11.8. The van der Waals surface area contributed by atoms with Crippen molar-refractivity contribution in [2.45, 2.75) is 31.2 Å². The van der Waals surface area contributed by atoms with Crippen LogP contribution in [0.1, 0.15) is 46.7 Å². The molecule has 0 aromatic heterocycles. The molecule has 35 heavy (non-hydrogen) atoms. The quantitative estimate of drug-likeness (QED) is 0.469. The molecule has 2 unspecified atom stereocenters. The number of anilines is 1. The van der Waals surface area contributed by atoms with Gasteiger partial charge in [-0.2, -0.15) is 0 Å². The van der Waals surface area contributed by atoms with Gasteiger partial charge in [-0.3, -0.25) is 4.79 Å². The summed E-state index contributed by atoms with van der Waals surface area (Å²) in [5.41, 5.74) is 5.13. The van der Waals surface area contributed by atoms with Crippen molar-refractivity contribution in [3.63, 3.8) is 0 Å². The molecule has 3 N–H and O–H groups in total. The number of aromatic carboxylic acids is 1. The molecule has 0 spiro atoms. The maximum atomic E-state index is 12.9. The number of hydrogen-bond acceptors (Lipinski definition) is 4. The van der Waals surface area contributed by atoms with Crippen LogP contribution in [0.5, 0.6) is 0 Å². The molecule has 2 amide bonds. The van der Waals surface area contributed by atoms with Gasteiger partial charge in [-0.05, 0) is 53.3 Å². The second-order valence-corrected chi connectivity index (χ2v) is 8.99. The minimum Gasteiger partial charge on any atom is -0.478 e. The fourth-order valence-electron chi connectivity index (χ4n) is 5.20. The van der Waals surface area contributed by atoms with E-state index in [4.69, 9.17) is 9.84 Å². The Morgan fingerprint density at radius 3 is 2.26 bits per heavy atom. The van der Waals surface area contributed by atoms with Gasteiger partial charge in [-0.15, -0.1) is 0 Å². The highest BCUT2D eigenvalue weighted by Crippen LogP contribution is 2.44. The van der Waals surface area contributed by atoms with Gasteiger partial charge in [0.25, 0.3) is 0 Å². The second kappa shape index (κ2) is 9.62. The number of alkyl carbamates (subject to hydrolysis) is 1. The zero-order valence-corrected chi connectivity index (χ0v) is 19.1. The predicted molar refractivity (Wildman–Crippen MR) is 131 cm³/mol. The molecule has 0 aliphatic heterocycles. The number of carbonyl (C=O) groups excluding carboxylic acids is 2. The van der Waals surface area contributed by atoms with E-state index in [1.54, 1.807) is 12.1 Å². The zero-order chi connectivity index (χ0) is 24.4. The minimum atomic E-state index is -1.06. The van der Waals surface area contributed by atoms with E-state index in [-0.39, 0.29) is 30.0 Å². The maximum absolute atomic E-state index is 12.9. The summed E-state index contributed by atoms with van der Waals surface area (Å²) in [6, 6.07) is 22.1. The van der Waals surface area contributed by atoms with E-state index in [2.05, 4.69) is 34.9 Å². The molecular weight excluding hydrogens is 444 g/mol. The number of rotatable bonds is 6. The first-order chi connectivity index (χ1) is 17.0. The third-order valence-electron chi connectivity index (χ3n) is 6.88. The van der Waals surface area contributed by atoms with Gasteiger partial charge in [0.1, 0.15) is 6.61 Å². The molecule has 178 valence electrons. The third-order valence-corrected chi connectivity index (χ3v) is 6.88. The smallest absolute Gasteiger partial charge is 0.407 e. The number of nitrogens with one attached hydrogen (secondary N) is 2. The van der Waals surface area contributed by atoms with Gasteiger partial charge in [0.2, 0.25) is 5.91 Å². The monoisotopic (exact) mass is 470 g/mol. The Labute approximate surface area is 203 Å². The van der Waals surface area contributed by atoms with E-state index in [1.165, 1.54) is 12.1 Å². The lowest BCUT2D eigenvalue weighted by Gasteiger charge is -2.21. The molecule has 1 saturated carbocycles. The predicted octanol–water partition coefficient (Wildman–Crippen LogP) is 5.03. The number of carboxylic acid groups (broad SMARTS) is 1. The Hall–Kier alpha value is -4.13. The highest BCUT2D eigenvalue weighted by Gasteiger charge is 2.35. The van der Waals surface area contributed by atoms with Crippen molar-refractivity contribution in [3.8, 4) is 11.1 Å². The van der Waals surface area contributed by atoms with Gasteiger partial charge in [0.15, 0.2) is 0 Å². The molecule has 0 bridgehead atoms. The number of fused-ring (bicyclic) bond motifs is 3. The number of benzene rings is 3. The highest BCUT2D eigenvalue weighted by molar-refractivity contribution is 5.95. The van der Waals surface area contributed by atoms with Crippen LogP contribution in [0.25, 0.3) is 11.1 Å². The first kappa shape index (κ1) is 22.7. The molecule has 2 aliphatic rings. The van der Waals surface area contributed by atoms with Crippen molar-refractivity contribution in [1.82, 2.24) is 5.32 Å². The third kappa shape index (κ3) is 4.62. The van der Waals surface area contributed by atoms with Gasteiger partial charge < -0.3 is 20.5 Å². The zero-order valence-electron chi connectivity index (χ0n) is 19.1. The second-order valence-electron chi connectivity index (χ2n) is 8.99. The molecule has 2 aliphatic carbocycles. The molecule has 0 heterocycles. The van der Waals surface area contributed by atoms with Crippen LogP contribution >= 0.6 is 0 Å². The van der Waals surface area contributed by atoms with Gasteiger partial charge in [0.05, 0.1) is 11.5 Å². The van der Waals surface area contributed by atoms with E-state index in [9.17, 15) is 14.4 Å². The van der Waals surface area contributed by atoms with Crippen molar-refractivity contribution >= 4 is 23.7 Å². The molecule has 7 nitrogen and oxygen atoms in total. The van der Waals surface area contributed by atoms with E-state index in [1.807, 2.05) is 24.3 Å². The van der Waals surface area contributed by atoms with Gasteiger partial charge in [-0.25, -0.2) is 9.59 Å². The molecule has 0 saturated heterocycles. The molecule has 2 atom stereocenters. The summed E-state index contributed by atoms with van der Waals surface area (Å²) in [5, 5.41) is 14.8. The van der Waals surface area contributed by atoms with Crippen molar-refractivity contribution in [3.05, 3.63) is 89.5 Å². The SMILES string of the molecule is O=C(NC1CCCC1C(=O)Nc1cccc(C(=O)O)c1)OCC1c2ccccc2-c2ccccc21. The number of ether oxygens (including phenoxy) is 1. The highest BCUT2D eigenvalue weighted by atomic mass is 16.5. The van der Waals surface area contributed by atoms with Crippen molar-refractivity contribution in [2.24, 2.45) is 5.92 Å². The normalized spacial score (nSPS) is 18.4. The van der Waals surface area contributed by atoms with Crippen LogP contribution in [0, 0.1) is 5.92 Å². The largest absolute Gasteiger partial charge is 0.478 e. The van der Waals surface area contributed by atoms with E-state index < -0.39 is 18.0 Å². The van der Waals surface area contributed by atoms with Crippen molar-refractivity contribution in [1.29, 1.82) is 0 Å². The summed E-state index contributed by atoms with van der Waals surface area (Å²) >= 11 is 0. The molecule has 0 radical (unpaired) electrons. The molecule has 3 aromatic carbocycles. The number of hydrogen-bond donors (Lipinski definition) is 3. The fraction of sp³-hybridized carbons (Fsp3) is 0.250. The van der Waals surface area contributed by atoms with Crippen LogP contribution in [0.4, 0.5) is 10.5 Å². The lowest BCUT2D eigenvalue weighted by molar-refractivity contribution is -0.120. The summed E-state index contributed by atoms with van der Waals surface area (Å²) in [7, 11) is 0. The average molecular weight is 471 g/mol. The fourth-order valence-corrected chi connectivity index (χ4v) is 5.20.